The van der Waals surface area contributed by atoms with E-state index in [9.17, 15) is 18.5 Å². The number of rotatable bonds is 10. The molecule has 16 heteroatoms. The summed E-state index contributed by atoms with van der Waals surface area (Å²) in [5, 5.41) is 13.0. The Morgan fingerprint density at radius 2 is 1.44 bits per heavy atom. The summed E-state index contributed by atoms with van der Waals surface area (Å²) in [6.45, 7) is 5.67. The minimum Gasteiger partial charge on any atom is -0.497 e. The number of nitrogens with one attached hydrogen (secondary N) is 1. The molecule has 286 valence electrons. The van der Waals surface area contributed by atoms with Crippen LogP contribution in [-0.2, 0) is 25.1 Å². The van der Waals surface area contributed by atoms with E-state index in [0.29, 0.717) is 54.1 Å². The molecule has 0 unspecified atom stereocenters. The normalized spacial score (nSPS) is 21.2. The largest absolute Gasteiger partial charge is 0.497 e. The van der Waals surface area contributed by atoms with Crippen LogP contribution in [-0.4, -0.2) is 128 Å². The number of benzene rings is 3. The van der Waals surface area contributed by atoms with Crippen LogP contribution in [0.15, 0.2) is 59.5 Å². The van der Waals surface area contributed by atoms with Crippen molar-refractivity contribution >= 4 is 27.6 Å². The molecule has 1 atom stereocenters. The number of methoxy groups -OCH3 is 4. The summed E-state index contributed by atoms with van der Waals surface area (Å²) in [7, 11) is 0.882. The van der Waals surface area contributed by atoms with Gasteiger partial charge >= 0.3 is 6.03 Å². The first-order valence-corrected chi connectivity index (χ1v) is 19.3. The summed E-state index contributed by atoms with van der Waals surface area (Å²) < 4.78 is 57.5. The average molecular weight is 761 g/mol. The number of ether oxygens (including phenoxy) is 5. The number of carbonyl (C=O) groups excluding carboxylic acids is 2. The minimum absolute atomic E-state index is 0.0494. The van der Waals surface area contributed by atoms with Crippen LogP contribution in [0.25, 0.3) is 0 Å². The summed E-state index contributed by atoms with van der Waals surface area (Å²) in [5.41, 5.74) is -1.88. The molecule has 3 aromatic carbocycles. The van der Waals surface area contributed by atoms with E-state index in [1.165, 1.54) is 70.9 Å². The number of piperazine rings is 1. The SMILES string of the molecule is COc1ccc(S(=O)(=O)N2C(=O)[C@@](NC(=O)N3CCN(C4CCN(C5COC5)CC4)CC3)(c3cc(OC)ccc3OC)c3cc(C#N)ccc32)c(OC)c1. The van der Waals surface area contributed by atoms with Crippen molar-refractivity contribution in [3.63, 3.8) is 0 Å². The standard InChI is InChI=1S/C38H44N6O9S/c1-49-28-6-9-33(51-3)31(20-28)38(40-37(46)43-17-15-42(16-18-43)26-11-13-41(14-12-26)27-23-53-24-27)30-19-25(22-39)5-8-32(30)44(36(38)45)54(47,48)35-10-7-29(50-2)21-34(35)52-4/h5-10,19-21,26-27H,11-18,23-24H2,1-4H3,(H,40,46)/t38-/m0/s1. The van der Waals surface area contributed by atoms with Gasteiger partial charge in [0.25, 0.3) is 15.9 Å². The van der Waals surface area contributed by atoms with Gasteiger partial charge in [-0.15, -0.1) is 0 Å². The fraction of sp³-hybridized carbons (Fsp3) is 0.447. The number of anilines is 1. The van der Waals surface area contributed by atoms with Crippen LogP contribution in [0, 0.1) is 11.3 Å². The van der Waals surface area contributed by atoms with Crippen molar-refractivity contribution in [2.45, 2.75) is 35.4 Å². The highest BCUT2D eigenvalue weighted by Gasteiger charge is 2.59. The Balaban J connectivity index is 1.27. The van der Waals surface area contributed by atoms with Gasteiger partial charge < -0.3 is 33.9 Å². The second-order valence-corrected chi connectivity index (χ2v) is 15.4. The number of likely N-dealkylation sites (tertiary alicyclic amines) is 1. The summed E-state index contributed by atoms with van der Waals surface area (Å²) in [6, 6.07) is 15.5. The number of hydrogen-bond donors (Lipinski definition) is 1. The molecule has 3 aromatic rings. The van der Waals surface area contributed by atoms with Gasteiger partial charge in [-0.3, -0.25) is 14.6 Å². The predicted octanol–water partition coefficient (Wildman–Crippen LogP) is 2.76. The first-order chi connectivity index (χ1) is 26.1. The van der Waals surface area contributed by atoms with Gasteiger partial charge in [-0.05, 0) is 61.4 Å². The van der Waals surface area contributed by atoms with Gasteiger partial charge in [0, 0.05) is 62.5 Å². The third-order valence-corrected chi connectivity index (χ3v) is 12.7. The van der Waals surface area contributed by atoms with E-state index < -0.39 is 27.5 Å². The molecular weight excluding hydrogens is 717 g/mol. The number of carbonyl (C=O) groups is 2. The molecule has 0 radical (unpaired) electrons. The lowest BCUT2D eigenvalue weighted by Gasteiger charge is -2.46. The predicted molar refractivity (Wildman–Crippen MR) is 197 cm³/mol. The average Bonchev–Trinajstić information content (AvgIpc) is 3.44. The molecule has 3 amide bonds. The highest BCUT2D eigenvalue weighted by molar-refractivity contribution is 7.93. The molecule has 0 bridgehead atoms. The lowest BCUT2D eigenvalue weighted by molar-refractivity contribution is -0.121. The maximum atomic E-state index is 15.3. The highest BCUT2D eigenvalue weighted by atomic mass is 32.2. The van der Waals surface area contributed by atoms with E-state index in [2.05, 4.69) is 21.2 Å². The molecule has 4 aliphatic heterocycles. The second kappa shape index (κ2) is 15.0. The number of sulfonamides is 1. The van der Waals surface area contributed by atoms with Gasteiger partial charge in [0.15, 0.2) is 5.54 Å². The molecule has 3 saturated heterocycles. The Morgan fingerprint density at radius 1 is 0.796 bits per heavy atom. The molecular formula is C38H44N6O9S. The van der Waals surface area contributed by atoms with E-state index in [1.807, 2.05) is 0 Å². The molecule has 0 spiro atoms. The molecule has 1 N–H and O–H groups in total. The monoisotopic (exact) mass is 760 g/mol. The summed E-state index contributed by atoms with van der Waals surface area (Å²) in [4.78, 5) is 36.1. The first kappa shape index (κ1) is 37.2. The van der Waals surface area contributed by atoms with Crippen molar-refractivity contribution in [1.29, 1.82) is 5.26 Å². The molecule has 3 fully saturated rings. The Labute approximate surface area is 314 Å². The molecule has 0 aromatic heterocycles. The zero-order chi connectivity index (χ0) is 38.2. The number of amides is 3. The van der Waals surface area contributed by atoms with Crippen LogP contribution in [0.2, 0.25) is 0 Å². The summed E-state index contributed by atoms with van der Waals surface area (Å²) in [6.07, 6.45) is 2.08. The van der Waals surface area contributed by atoms with Gasteiger partial charge in [0.05, 0.1) is 65.0 Å². The number of nitrogens with zero attached hydrogens (tertiary/aromatic N) is 5. The van der Waals surface area contributed by atoms with Crippen molar-refractivity contribution in [2.75, 3.05) is 85.2 Å². The van der Waals surface area contributed by atoms with Gasteiger partial charge in [0.2, 0.25) is 0 Å². The fourth-order valence-corrected chi connectivity index (χ4v) is 9.53. The molecule has 7 rings (SSSR count). The lowest BCUT2D eigenvalue weighted by atomic mass is 9.82. The quantitative estimate of drug-likeness (QED) is 0.322. The molecule has 4 heterocycles. The third kappa shape index (κ3) is 6.34. The van der Waals surface area contributed by atoms with Gasteiger partial charge in [-0.25, -0.2) is 13.2 Å². The highest BCUT2D eigenvalue weighted by Crippen LogP contribution is 2.51. The smallest absolute Gasteiger partial charge is 0.318 e. The second-order valence-electron chi connectivity index (χ2n) is 13.7. The number of hydrogen-bond acceptors (Lipinski definition) is 12. The maximum Gasteiger partial charge on any atom is 0.318 e. The van der Waals surface area contributed by atoms with Crippen molar-refractivity contribution in [2.24, 2.45) is 0 Å². The number of nitriles is 1. The third-order valence-electron chi connectivity index (χ3n) is 11.0. The Kier molecular flexibility index (Phi) is 10.3. The molecule has 0 saturated carbocycles. The van der Waals surface area contributed by atoms with Gasteiger partial charge in [-0.2, -0.15) is 9.57 Å². The Hall–Kier alpha value is -5.08. The van der Waals surface area contributed by atoms with E-state index in [0.717, 1.165) is 39.1 Å². The van der Waals surface area contributed by atoms with Crippen LogP contribution < -0.4 is 28.6 Å². The molecule has 4 aliphatic rings. The van der Waals surface area contributed by atoms with Crippen molar-refractivity contribution < 1.29 is 41.7 Å². The Bertz CT molecular complexity index is 2070. The van der Waals surface area contributed by atoms with Crippen LogP contribution in [0.4, 0.5) is 10.5 Å². The van der Waals surface area contributed by atoms with Crippen LogP contribution in [0.1, 0.15) is 29.5 Å². The van der Waals surface area contributed by atoms with E-state index >= 15 is 4.79 Å². The van der Waals surface area contributed by atoms with Gasteiger partial charge in [0.1, 0.15) is 27.9 Å². The van der Waals surface area contributed by atoms with E-state index in [4.69, 9.17) is 23.7 Å². The number of piperidine rings is 1. The van der Waals surface area contributed by atoms with Gasteiger partial charge in [-0.1, -0.05) is 0 Å². The van der Waals surface area contributed by atoms with E-state index in [1.54, 1.807) is 17.0 Å². The van der Waals surface area contributed by atoms with Crippen molar-refractivity contribution in [3.8, 4) is 29.1 Å². The van der Waals surface area contributed by atoms with E-state index in [-0.39, 0.29) is 38.8 Å². The topological polar surface area (TPSA) is 163 Å². The first-order valence-electron chi connectivity index (χ1n) is 17.8. The number of fused-ring (bicyclic) bond motifs is 1. The zero-order valence-electron chi connectivity index (χ0n) is 30.7. The minimum atomic E-state index is -4.72. The van der Waals surface area contributed by atoms with Crippen LogP contribution in [0.3, 0.4) is 0 Å². The van der Waals surface area contributed by atoms with Crippen LogP contribution >= 0.6 is 0 Å². The fourth-order valence-electron chi connectivity index (χ4n) is 7.92. The lowest BCUT2D eigenvalue weighted by Crippen LogP contribution is -2.61. The van der Waals surface area contributed by atoms with Crippen molar-refractivity contribution in [3.05, 3.63) is 71.3 Å². The number of urea groups is 1. The molecule has 0 aliphatic carbocycles. The molecule has 15 nitrogen and oxygen atoms in total. The van der Waals surface area contributed by atoms with Crippen LogP contribution in [0.5, 0.6) is 23.0 Å². The summed E-state index contributed by atoms with van der Waals surface area (Å²) >= 11 is 0. The Morgan fingerprint density at radius 3 is 2.06 bits per heavy atom. The zero-order valence-corrected chi connectivity index (χ0v) is 31.6. The molecule has 54 heavy (non-hydrogen) atoms. The van der Waals surface area contributed by atoms with Crippen molar-refractivity contribution in [1.82, 2.24) is 20.0 Å². The summed E-state index contributed by atoms with van der Waals surface area (Å²) in [5.74, 6) is -0.211. The maximum absolute atomic E-state index is 15.3.